The molecule has 0 bridgehead atoms. The molecule has 0 radical (unpaired) electrons. The number of nitrogens with one attached hydrogen (secondary N) is 2. The zero-order chi connectivity index (χ0) is 27.7. The molecule has 0 atom stereocenters. The Labute approximate surface area is 240 Å². The van der Waals surface area contributed by atoms with Gasteiger partial charge in [-0.05, 0) is 104 Å². The number of hydrogen-bond donors (Lipinski definition) is 2. The van der Waals surface area contributed by atoms with Crippen LogP contribution in [-0.4, -0.2) is 16.0 Å². The molecule has 0 aliphatic carbocycles. The number of amides is 1. The maximum Gasteiger partial charge on any atom is 0.250 e. The van der Waals surface area contributed by atoms with Gasteiger partial charge in [-0.1, -0.05) is 35.3 Å². The smallest absolute Gasteiger partial charge is 0.250 e. The molecule has 0 fully saturated rings. The van der Waals surface area contributed by atoms with Gasteiger partial charge in [0, 0.05) is 27.9 Å². The van der Waals surface area contributed by atoms with Crippen LogP contribution in [0.5, 0.6) is 0 Å². The summed E-state index contributed by atoms with van der Waals surface area (Å²) in [5.41, 5.74) is 6.89. The van der Waals surface area contributed by atoms with E-state index in [1.54, 1.807) is 36.4 Å². The van der Waals surface area contributed by atoms with Crippen molar-refractivity contribution in [1.82, 2.24) is 10.3 Å². The highest BCUT2D eigenvalue weighted by Gasteiger charge is 2.15. The monoisotopic (exact) mass is 575 g/mol. The molecule has 0 spiro atoms. The van der Waals surface area contributed by atoms with Crippen LogP contribution in [0.1, 0.15) is 22.5 Å². The van der Waals surface area contributed by atoms with Gasteiger partial charge in [0.05, 0.1) is 5.02 Å². The minimum atomic E-state index is -0.409. The Morgan fingerprint density at radius 2 is 1.79 bits per heavy atom. The molecule has 196 valence electrons. The largest absolute Gasteiger partial charge is 0.457 e. The highest BCUT2D eigenvalue weighted by Crippen LogP contribution is 2.33. The second-order valence-corrected chi connectivity index (χ2v) is 10.3. The number of thiocarbonyl (C=S) groups is 1. The average molecular weight is 577 g/mol. The van der Waals surface area contributed by atoms with Crippen LogP contribution in [0, 0.1) is 20.8 Å². The lowest BCUT2D eigenvalue weighted by atomic mass is 10.1. The van der Waals surface area contributed by atoms with E-state index in [9.17, 15) is 4.79 Å². The fourth-order valence-electron chi connectivity index (χ4n) is 4.24. The number of nitrogens with zero attached hydrogens (tertiary/aromatic N) is 1. The van der Waals surface area contributed by atoms with Crippen molar-refractivity contribution in [2.24, 2.45) is 0 Å². The first-order valence-electron chi connectivity index (χ1n) is 12.0. The lowest BCUT2D eigenvalue weighted by molar-refractivity contribution is -0.115. The van der Waals surface area contributed by atoms with Crippen molar-refractivity contribution in [2.45, 2.75) is 20.8 Å². The van der Waals surface area contributed by atoms with Crippen molar-refractivity contribution in [1.29, 1.82) is 0 Å². The van der Waals surface area contributed by atoms with E-state index in [0.29, 0.717) is 33.0 Å². The Bertz CT molecular complexity index is 1770. The summed E-state index contributed by atoms with van der Waals surface area (Å²) < 4.78 is 11.9. The number of benzene rings is 3. The molecule has 0 saturated heterocycles. The van der Waals surface area contributed by atoms with E-state index in [1.807, 2.05) is 45.0 Å². The molecule has 39 heavy (non-hydrogen) atoms. The normalized spacial score (nSPS) is 11.3. The van der Waals surface area contributed by atoms with Gasteiger partial charge in [0.15, 0.2) is 10.7 Å². The summed E-state index contributed by atoms with van der Waals surface area (Å²) in [6, 6.07) is 18.4. The standard InChI is InChI=1S/C30H23Cl2N3O3S/c1-16-13-17(2)28-25(14-16)33-29(38-28)21-5-4-6-24(18(21)3)34-30(39)35-27(36)12-9-20-8-11-26(37-20)22-10-7-19(31)15-23(22)32/h4-15H,1-3H3,(H2,34,35,36,39)/b12-9+. The fraction of sp³-hybridized carbons (Fsp3) is 0.100. The number of carbonyl (C=O) groups is 1. The number of anilines is 1. The molecule has 0 aliphatic rings. The fourth-order valence-corrected chi connectivity index (χ4v) is 4.95. The number of aromatic nitrogens is 1. The number of oxazole rings is 1. The first kappa shape index (κ1) is 26.7. The Kier molecular flexibility index (Phi) is 7.57. The lowest BCUT2D eigenvalue weighted by Crippen LogP contribution is -2.33. The second-order valence-electron chi connectivity index (χ2n) is 9.03. The van der Waals surface area contributed by atoms with Gasteiger partial charge in [-0.2, -0.15) is 0 Å². The van der Waals surface area contributed by atoms with Crippen molar-refractivity contribution in [3.05, 3.63) is 99.2 Å². The maximum atomic E-state index is 12.5. The van der Waals surface area contributed by atoms with Crippen molar-refractivity contribution >= 4 is 69.3 Å². The summed E-state index contributed by atoms with van der Waals surface area (Å²) in [7, 11) is 0. The van der Waals surface area contributed by atoms with Crippen LogP contribution in [0.2, 0.25) is 10.0 Å². The predicted molar refractivity (Wildman–Crippen MR) is 161 cm³/mol. The van der Waals surface area contributed by atoms with E-state index >= 15 is 0 Å². The molecule has 6 nitrogen and oxygen atoms in total. The highest BCUT2D eigenvalue weighted by molar-refractivity contribution is 7.80. The number of halogens is 2. The molecule has 3 aromatic carbocycles. The molecule has 0 aliphatic heterocycles. The Hall–Kier alpha value is -3.91. The summed E-state index contributed by atoms with van der Waals surface area (Å²) in [6.45, 7) is 5.98. The molecule has 1 amide bonds. The minimum absolute atomic E-state index is 0.155. The number of furan rings is 1. The van der Waals surface area contributed by atoms with Crippen LogP contribution < -0.4 is 10.6 Å². The SMILES string of the molecule is Cc1cc(C)c2oc(-c3cccc(NC(=S)NC(=O)/C=C/c4ccc(-c5ccc(Cl)cc5Cl)o4)c3C)nc2c1. The van der Waals surface area contributed by atoms with Crippen LogP contribution in [0.25, 0.3) is 40.0 Å². The van der Waals surface area contributed by atoms with Gasteiger partial charge in [0.2, 0.25) is 11.8 Å². The zero-order valence-corrected chi connectivity index (χ0v) is 23.6. The molecular weight excluding hydrogens is 553 g/mol. The summed E-state index contributed by atoms with van der Waals surface area (Å²) in [5, 5.41) is 6.91. The van der Waals surface area contributed by atoms with E-state index in [2.05, 4.69) is 21.7 Å². The van der Waals surface area contributed by atoms with E-state index in [1.165, 1.54) is 6.08 Å². The molecule has 0 saturated carbocycles. The van der Waals surface area contributed by atoms with Gasteiger partial charge >= 0.3 is 0 Å². The summed E-state index contributed by atoms with van der Waals surface area (Å²) >= 11 is 17.6. The summed E-state index contributed by atoms with van der Waals surface area (Å²) in [4.78, 5) is 17.2. The van der Waals surface area contributed by atoms with E-state index < -0.39 is 5.91 Å². The second kappa shape index (κ2) is 11.1. The van der Waals surface area contributed by atoms with Crippen LogP contribution in [-0.2, 0) is 4.79 Å². The van der Waals surface area contributed by atoms with Crippen LogP contribution in [0.3, 0.4) is 0 Å². The third-order valence-corrected chi connectivity index (χ3v) is 6.84. The van der Waals surface area contributed by atoms with Gasteiger partial charge in [-0.25, -0.2) is 4.98 Å². The predicted octanol–water partition coefficient (Wildman–Crippen LogP) is 8.51. The van der Waals surface area contributed by atoms with Crippen molar-refractivity contribution in [3.63, 3.8) is 0 Å². The zero-order valence-electron chi connectivity index (χ0n) is 21.3. The van der Waals surface area contributed by atoms with Crippen molar-refractivity contribution in [2.75, 3.05) is 5.32 Å². The van der Waals surface area contributed by atoms with Gasteiger partial charge in [-0.3, -0.25) is 10.1 Å². The topological polar surface area (TPSA) is 80.3 Å². The Morgan fingerprint density at radius 1 is 0.974 bits per heavy atom. The molecule has 2 aromatic heterocycles. The van der Waals surface area contributed by atoms with Gasteiger partial charge < -0.3 is 14.2 Å². The molecular formula is C30H23Cl2N3O3S. The molecule has 2 heterocycles. The first-order chi connectivity index (χ1) is 18.7. The summed E-state index contributed by atoms with van der Waals surface area (Å²) in [6.07, 6.45) is 2.89. The van der Waals surface area contributed by atoms with Gasteiger partial charge in [-0.15, -0.1) is 0 Å². The molecule has 2 N–H and O–H groups in total. The average Bonchev–Trinajstić information content (AvgIpc) is 3.51. The van der Waals surface area contributed by atoms with E-state index in [4.69, 9.17) is 44.3 Å². The van der Waals surface area contributed by atoms with E-state index in [-0.39, 0.29) is 5.11 Å². The van der Waals surface area contributed by atoms with E-state index in [0.717, 1.165) is 39.0 Å². The van der Waals surface area contributed by atoms with Gasteiger partial charge in [0.25, 0.3) is 0 Å². The number of carbonyl (C=O) groups excluding carboxylic acids is 1. The molecule has 9 heteroatoms. The molecule has 5 aromatic rings. The lowest BCUT2D eigenvalue weighted by Gasteiger charge is -2.12. The quantitative estimate of drug-likeness (QED) is 0.161. The highest BCUT2D eigenvalue weighted by atomic mass is 35.5. The molecule has 5 rings (SSSR count). The maximum absolute atomic E-state index is 12.5. The van der Waals surface area contributed by atoms with Crippen LogP contribution >= 0.6 is 35.4 Å². The Balaban J connectivity index is 1.25. The van der Waals surface area contributed by atoms with Crippen LogP contribution in [0.15, 0.2) is 75.6 Å². The van der Waals surface area contributed by atoms with Crippen molar-refractivity contribution < 1.29 is 13.6 Å². The Morgan fingerprint density at radius 3 is 2.59 bits per heavy atom. The molecule has 0 unspecified atom stereocenters. The van der Waals surface area contributed by atoms with Gasteiger partial charge in [0.1, 0.15) is 17.0 Å². The van der Waals surface area contributed by atoms with Crippen molar-refractivity contribution in [3.8, 4) is 22.8 Å². The number of aryl methyl sites for hydroxylation is 2. The summed E-state index contributed by atoms with van der Waals surface area (Å²) in [5.74, 6) is 1.16. The number of rotatable bonds is 5. The third kappa shape index (κ3) is 5.91. The third-order valence-electron chi connectivity index (χ3n) is 6.09. The number of fused-ring (bicyclic) bond motifs is 1. The minimum Gasteiger partial charge on any atom is -0.457 e. The van der Waals surface area contributed by atoms with Crippen LogP contribution in [0.4, 0.5) is 5.69 Å². The number of hydrogen-bond acceptors (Lipinski definition) is 5. The first-order valence-corrected chi connectivity index (χ1v) is 13.2.